The third kappa shape index (κ3) is 26.9. The highest BCUT2D eigenvalue weighted by Gasteiger charge is 2.49. The molecule has 0 saturated carbocycles. The van der Waals surface area contributed by atoms with Gasteiger partial charge < -0.3 is 68.4 Å². The summed E-state index contributed by atoms with van der Waals surface area (Å²) in [6, 6.07) is 43.8. The predicted molar refractivity (Wildman–Crippen MR) is 565 cm³/mol. The number of aliphatic hydroxyl groups is 4. The van der Waals surface area contributed by atoms with Gasteiger partial charge in [0.15, 0.2) is 28.9 Å². The Kier molecular flexibility index (Phi) is 37.3. The Morgan fingerprint density at radius 2 is 0.789 bits per heavy atom. The Labute approximate surface area is 874 Å². The van der Waals surface area contributed by atoms with E-state index in [9.17, 15) is 58.8 Å². The van der Waals surface area contributed by atoms with Crippen molar-refractivity contribution in [1.82, 2.24) is 70.1 Å². The summed E-state index contributed by atoms with van der Waals surface area (Å²) >= 11 is 6.44. The summed E-state index contributed by atoms with van der Waals surface area (Å²) in [6.07, 6.45) is 3.45. The molecule has 147 heavy (non-hydrogen) atoms. The molecule has 17 rings (SSSR count). The van der Waals surface area contributed by atoms with Crippen molar-refractivity contribution in [3.63, 3.8) is 0 Å². The lowest BCUT2D eigenvalue weighted by molar-refractivity contribution is -0.142. The van der Waals surface area contributed by atoms with Gasteiger partial charge in [0.1, 0.15) is 47.1 Å². The molecule has 13 aromatic rings. The number of hydrogen-bond acceptors (Lipinski definition) is 29. The van der Waals surface area contributed by atoms with Gasteiger partial charge in [-0.2, -0.15) is 5.10 Å². The molecule has 8 aromatic heterocycles. The third-order valence-electron chi connectivity index (χ3n) is 27.8. The Bertz CT molecular complexity index is 6600. The van der Waals surface area contributed by atoms with Gasteiger partial charge in [-0.05, 0) is 152 Å². The number of ketones is 3. The molecule has 0 spiro atoms. The molecule has 5 N–H and O–H groups in total. The number of amides is 5. The summed E-state index contributed by atoms with van der Waals surface area (Å²) in [6.45, 7) is 33.7. The molecule has 0 radical (unpaired) electrons. The van der Waals surface area contributed by atoms with Crippen LogP contribution in [0, 0.1) is 65.2 Å². The van der Waals surface area contributed by atoms with Crippen LogP contribution < -0.4 is 14.8 Å². The number of Topliss-reactive ketones (excluding diaryl/α,β-unsaturated/α-hetero) is 3. The predicted octanol–water partition coefficient (Wildman–Crippen LogP) is 19.3. The number of nitrogens with one attached hydrogen (secondary N) is 1. The van der Waals surface area contributed by atoms with E-state index in [0.29, 0.717) is 71.7 Å². The average Bonchev–Trinajstić information content (AvgIpc) is 1.66. The number of nitrogens with zero attached hydrogens (tertiary/aromatic N) is 13. The molecular formula is C112H134N14O17S4. The largest absolute Gasteiger partial charge is 0.479 e. The Morgan fingerprint density at radius 3 is 1.14 bits per heavy atom. The SMILES string of the molecule is CC[C@H](NC(=O)[C@@H]1C[C@@H](O)CN1C(=O)[C@@H](c1cc(C)no1)C(C)C)c1ccc(-c2scnc2C)cc1.COc1cc([C@H](C(=O)N2C[C@H](O)C[C@H]2C(=O)CCc2ccc(-c3scnc3C)cc2)C(C)C)on1.Cc1cc(C(C(=O)N2C[C@H](O)CC2C(=O)C[C@@H](C)c2ccc(-c3scnc3C)cc2)C(C)C)on1.Cc1ncsc1-c1ccc([C@H](C)CC(=O)[C@@H]2C[C@@H](O)CN2C(=O)[C@H](C(C)C)n2cc(Oc3ccccc3)cn2)cc1. The van der Waals surface area contributed by atoms with E-state index in [1.807, 2.05) is 212 Å². The summed E-state index contributed by atoms with van der Waals surface area (Å²) in [7, 11) is 1.48. The molecule has 4 aliphatic rings. The monoisotopic (exact) mass is 2070 g/mol. The number of thiazole rings is 4. The van der Waals surface area contributed by atoms with Crippen LogP contribution in [0.15, 0.2) is 194 Å². The Balaban J connectivity index is 0.000000155. The molecule has 5 aromatic carbocycles. The summed E-state index contributed by atoms with van der Waals surface area (Å²) in [5.74, 6) is -0.435. The zero-order valence-corrected chi connectivity index (χ0v) is 89.8. The van der Waals surface area contributed by atoms with Crippen LogP contribution in [0.1, 0.15) is 243 Å². The van der Waals surface area contributed by atoms with Gasteiger partial charge in [0, 0.05) is 89.3 Å². The number of ether oxygens (including phenoxy) is 2. The van der Waals surface area contributed by atoms with Gasteiger partial charge in [-0.1, -0.05) is 202 Å². The van der Waals surface area contributed by atoms with Crippen LogP contribution in [-0.2, 0) is 44.8 Å². The standard InChI is InChI=1S/C32H36N4O4S.C27H34N4O4S.C27H33N3O4S.C26H31N3O5S/c1-20(2)30(36-18-27(16-34-36)40-26-8-6-5-7-9-26)32(39)35-17-25(37)15-28(35)29(38)14-21(3)23-10-12-24(13-11-23)31-22(4)33-19-41-31;1-6-21(18-7-9-19(10-8-18)25-17(5)28-14-36-25)29-26(33)22-12-20(32)13-31(22)27(34)24(15(2)3)23-11-16(4)30-35-23;1-15(2)25(24-11-17(4)29-34-24)27(33)30-13-21(31)12-22(30)23(32)10-16(3)19-6-8-20(9-7-19)26-18(5)28-14-35-26;1-15(2)24(22-12-23(33-4)28-34-22)26(32)29-13-19(30)11-20(29)21(31)10-7-17-5-8-18(9-6-17)25-16(3)27-14-35-25/h5-13,16,18-21,25,28,30,37H,14-15,17H2,1-4H3;7-11,14-15,20-22,24,32H,6,12-13H2,1-5H3,(H,29,33);6-9,11,14-16,21-22,25,31H,10,12-13H2,1-5H3;5-6,8-9,12,14-15,19-20,24,30H,7,10-11,13H2,1-4H3/t21-,25-,28+,30+;20-,21+,22+,24-;16-,21-,22?,25?;19-,20+,24-/m1111/s1. The van der Waals surface area contributed by atoms with Crippen LogP contribution in [0.5, 0.6) is 17.4 Å². The van der Waals surface area contributed by atoms with Gasteiger partial charge in [0.2, 0.25) is 29.5 Å². The van der Waals surface area contributed by atoms with E-state index in [4.69, 9.17) is 23.0 Å². The number of benzene rings is 5. The minimum atomic E-state index is -0.754. The molecule has 35 heteroatoms. The maximum Gasteiger partial charge on any atom is 0.254 e. The average molecular weight is 2080 g/mol. The molecule has 4 fully saturated rings. The second-order valence-electron chi connectivity index (χ2n) is 40.2. The molecule has 12 heterocycles. The summed E-state index contributed by atoms with van der Waals surface area (Å²) in [4.78, 5) is 136. The van der Waals surface area contributed by atoms with Gasteiger partial charge in [-0.15, -0.1) is 45.3 Å². The van der Waals surface area contributed by atoms with Crippen molar-refractivity contribution in [2.45, 2.75) is 266 Å². The number of likely N-dealkylation sites (tertiary alicyclic amines) is 4. The second kappa shape index (κ2) is 49.8. The van der Waals surface area contributed by atoms with E-state index in [2.05, 4.69) is 94.4 Å². The second-order valence-corrected chi connectivity index (χ2v) is 43.7. The molecular weight excluding hydrogens is 1940 g/mol. The zero-order chi connectivity index (χ0) is 105. The van der Waals surface area contributed by atoms with Crippen LogP contribution >= 0.6 is 45.3 Å². The number of para-hydroxylation sites is 1. The topological polar surface area (TPSA) is 408 Å². The van der Waals surface area contributed by atoms with Crippen LogP contribution in [0.2, 0.25) is 0 Å². The van der Waals surface area contributed by atoms with Gasteiger partial charge in [0.05, 0.1) is 144 Å². The molecule has 4 aliphatic heterocycles. The number of aromatic nitrogens is 9. The van der Waals surface area contributed by atoms with Gasteiger partial charge in [0.25, 0.3) is 5.88 Å². The highest BCUT2D eigenvalue weighted by atomic mass is 32.1. The van der Waals surface area contributed by atoms with Crippen molar-refractivity contribution < 1.29 is 81.8 Å². The lowest BCUT2D eigenvalue weighted by Crippen LogP contribution is -2.48. The maximum absolute atomic E-state index is 13.9. The van der Waals surface area contributed by atoms with Crippen LogP contribution in [-0.4, -0.2) is 214 Å². The summed E-state index contributed by atoms with van der Waals surface area (Å²) in [5.41, 5.74) is 21.4. The first kappa shape index (κ1) is 110. The van der Waals surface area contributed by atoms with Gasteiger partial charge in [-0.3, -0.25) is 43.0 Å². The molecule has 0 bridgehead atoms. The van der Waals surface area contributed by atoms with Gasteiger partial charge >= 0.3 is 0 Å². The molecule has 778 valence electrons. The number of aryl methyl sites for hydroxylation is 7. The zero-order valence-electron chi connectivity index (χ0n) is 86.5. The number of carbonyl (C=O) groups is 8. The van der Waals surface area contributed by atoms with E-state index in [0.717, 1.165) is 86.8 Å². The van der Waals surface area contributed by atoms with E-state index in [1.54, 1.807) is 97.3 Å². The fourth-order valence-corrected chi connectivity index (χ4v) is 23.1. The van der Waals surface area contributed by atoms with Gasteiger partial charge in [-0.25, -0.2) is 19.9 Å². The number of rotatable bonds is 35. The minimum absolute atomic E-state index is 0.00776. The van der Waals surface area contributed by atoms with Crippen molar-refractivity contribution in [2.75, 3.05) is 33.3 Å². The first-order valence-corrected chi connectivity index (χ1v) is 53.8. The number of β-amino-alcohol motifs (C(OH)–C–C–N with tert-alkyl or cyclic N) is 4. The van der Waals surface area contributed by atoms with Crippen LogP contribution in [0.25, 0.3) is 41.8 Å². The highest BCUT2D eigenvalue weighted by molar-refractivity contribution is 7.14. The fraction of sp³-hybridized carbons (Fsp3) is 0.446. The van der Waals surface area contributed by atoms with Crippen molar-refractivity contribution in [3.8, 4) is 59.1 Å². The smallest absolute Gasteiger partial charge is 0.254 e. The summed E-state index contributed by atoms with van der Waals surface area (Å²) in [5, 5.41) is 60.9. The highest BCUT2D eigenvalue weighted by Crippen LogP contribution is 2.42. The lowest BCUT2D eigenvalue weighted by Gasteiger charge is -2.30. The first-order valence-electron chi connectivity index (χ1n) is 50.3. The number of aliphatic hydroxyl groups excluding tert-OH is 4. The minimum Gasteiger partial charge on any atom is -0.479 e. The summed E-state index contributed by atoms with van der Waals surface area (Å²) < 4.78 is 28.8. The lowest BCUT2D eigenvalue weighted by atomic mass is 9.89. The van der Waals surface area contributed by atoms with E-state index < -0.39 is 72.4 Å². The van der Waals surface area contributed by atoms with E-state index in [-0.39, 0.29) is 147 Å². The number of methoxy groups -OCH3 is 1. The normalized spacial score (nSPS) is 19.1. The first-order chi connectivity index (χ1) is 70.3. The van der Waals surface area contributed by atoms with E-state index in [1.165, 1.54) is 16.9 Å². The molecule has 31 nitrogen and oxygen atoms in total. The molecule has 15 atom stereocenters. The van der Waals surface area contributed by atoms with Crippen LogP contribution in [0.4, 0.5) is 0 Å². The van der Waals surface area contributed by atoms with E-state index >= 15 is 0 Å². The molecule has 0 aliphatic carbocycles. The third-order valence-corrected chi connectivity index (χ3v) is 31.7. The number of hydrogen-bond donors (Lipinski definition) is 5. The Morgan fingerprint density at radius 1 is 0.429 bits per heavy atom. The van der Waals surface area contributed by atoms with Crippen molar-refractivity contribution in [3.05, 3.63) is 254 Å². The molecule has 4 saturated heterocycles. The number of carbonyl (C=O) groups excluding carboxylic acids is 8. The molecule has 2 unspecified atom stereocenters. The molecule has 5 amide bonds. The Hall–Kier alpha value is -12.7. The van der Waals surface area contributed by atoms with Crippen molar-refractivity contribution in [1.29, 1.82) is 0 Å². The van der Waals surface area contributed by atoms with Crippen molar-refractivity contribution in [2.24, 2.45) is 23.7 Å². The quantitative estimate of drug-likeness (QED) is 0.0246. The van der Waals surface area contributed by atoms with Crippen LogP contribution in [0.3, 0.4) is 0 Å². The maximum atomic E-state index is 13.9. The fourth-order valence-electron chi connectivity index (χ4n) is 19.9. The van der Waals surface area contributed by atoms with Crippen molar-refractivity contribution >= 4 is 92.2 Å².